The number of fused-ring (bicyclic) bond motifs is 1. The molecule has 4 rings (SSSR count). The molecular weight excluding hydrogens is 328 g/mol. The SMILES string of the molecule is C#CCN1CCCCC1C(=O)Nc1ccc2nc(-c3ccco3)[nH]c2c1. The van der Waals surface area contributed by atoms with Crippen molar-refractivity contribution in [2.45, 2.75) is 25.3 Å². The second kappa shape index (κ2) is 7.06. The second-order valence-electron chi connectivity index (χ2n) is 6.47. The molecule has 6 heteroatoms. The highest BCUT2D eigenvalue weighted by Crippen LogP contribution is 2.24. The highest BCUT2D eigenvalue weighted by atomic mass is 16.3. The van der Waals surface area contributed by atoms with Crippen LogP contribution in [0.3, 0.4) is 0 Å². The monoisotopic (exact) mass is 348 g/mol. The molecule has 0 saturated carbocycles. The molecule has 1 fully saturated rings. The number of nitrogens with one attached hydrogen (secondary N) is 2. The van der Waals surface area contributed by atoms with Gasteiger partial charge in [0.15, 0.2) is 11.6 Å². The van der Waals surface area contributed by atoms with Crippen molar-refractivity contribution in [3.8, 4) is 23.9 Å². The first kappa shape index (κ1) is 16.4. The van der Waals surface area contributed by atoms with E-state index in [2.05, 4.69) is 26.1 Å². The maximum Gasteiger partial charge on any atom is 0.241 e. The van der Waals surface area contributed by atoms with Crippen LogP contribution in [0.25, 0.3) is 22.6 Å². The number of nitrogens with zero attached hydrogens (tertiary/aromatic N) is 2. The van der Waals surface area contributed by atoms with Crippen molar-refractivity contribution >= 4 is 22.6 Å². The van der Waals surface area contributed by atoms with Crippen molar-refractivity contribution in [3.63, 3.8) is 0 Å². The van der Waals surface area contributed by atoms with Crippen LogP contribution in [0.15, 0.2) is 41.0 Å². The number of furan rings is 1. The summed E-state index contributed by atoms with van der Waals surface area (Å²) >= 11 is 0. The van der Waals surface area contributed by atoms with E-state index >= 15 is 0 Å². The number of aromatic amines is 1. The summed E-state index contributed by atoms with van der Waals surface area (Å²) in [4.78, 5) is 22.5. The number of carbonyl (C=O) groups is 1. The van der Waals surface area contributed by atoms with Gasteiger partial charge in [0.25, 0.3) is 0 Å². The quantitative estimate of drug-likeness (QED) is 0.710. The molecule has 2 N–H and O–H groups in total. The van der Waals surface area contributed by atoms with E-state index in [1.165, 1.54) is 0 Å². The number of H-pyrrole nitrogens is 1. The lowest BCUT2D eigenvalue weighted by Gasteiger charge is -2.33. The third kappa shape index (κ3) is 3.22. The van der Waals surface area contributed by atoms with Crippen LogP contribution < -0.4 is 5.32 Å². The summed E-state index contributed by atoms with van der Waals surface area (Å²) in [7, 11) is 0. The van der Waals surface area contributed by atoms with Crippen molar-refractivity contribution in [2.24, 2.45) is 0 Å². The molecule has 1 atom stereocenters. The minimum atomic E-state index is -0.170. The van der Waals surface area contributed by atoms with Crippen LogP contribution in [0.1, 0.15) is 19.3 Å². The fraction of sp³-hybridized carbons (Fsp3) is 0.300. The lowest BCUT2D eigenvalue weighted by atomic mass is 10.0. The van der Waals surface area contributed by atoms with E-state index in [0.717, 1.165) is 42.5 Å². The predicted molar refractivity (Wildman–Crippen MR) is 100 cm³/mol. The Kier molecular flexibility index (Phi) is 4.46. The number of imidazole rings is 1. The van der Waals surface area contributed by atoms with Crippen molar-refractivity contribution in [1.82, 2.24) is 14.9 Å². The van der Waals surface area contributed by atoms with Gasteiger partial charge in [0.2, 0.25) is 5.91 Å². The molecule has 1 aliphatic rings. The molecule has 1 aliphatic heterocycles. The molecule has 3 aromatic rings. The Hall–Kier alpha value is -3.04. The minimum absolute atomic E-state index is 0.00919. The van der Waals surface area contributed by atoms with Crippen LogP contribution in [0.2, 0.25) is 0 Å². The maximum absolute atomic E-state index is 12.7. The molecule has 26 heavy (non-hydrogen) atoms. The number of hydrogen-bond acceptors (Lipinski definition) is 4. The summed E-state index contributed by atoms with van der Waals surface area (Å²) in [5.41, 5.74) is 2.41. The van der Waals surface area contributed by atoms with Crippen LogP contribution in [0, 0.1) is 12.3 Å². The number of amides is 1. The Morgan fingerprint density at radius 2 is 2.35 bits per heavy atom. The molecule has 0 spiro atoms. The van der Waals surface area contributed by atoms with Crippen LogP contribution in [0.5, 0.6) is 0 Å². The molecule has 0 radical (unpaired) electrons. The number of benzene rings is 1. The topological polar surface area (TPSA) is 74.2 Å². The molecule has 1 aromatic carbocycles. The van der Waals surface area contributed by atoms with E-state index in [1.807, 2.05) is 30.3 Å². The van der Waals surface area contributed by atoms with Crippen molar-refractivity contribution in [3.05, 3.63) is 36.6 Å². The van der Waals surface area contributed by atoms with Gasteiger partial charge in [-0.25, -0.2) is 4.98 Å². The standard InChI is InChI=1S/C20H20N4O2/c1-2-10-24-11-4-3-6-17(24)20(25)21-14-8-9-15-16(13-14)23-19(22-15)18-7-5-12-26-18/h1,5,7-9,12-13,17H,3-4,6,10-11H2,(H,21,25)(H,22,23). The molecule has 132 valence electrons. The Morgan fingerprint density at radius 1 is 1.42 bits per heavy atom. The summed E-state index contributed by atoms with van der Waals surface area (Å²) in [5.74, 6) is 3.99. The molecular formula is C20H20N4O2. The fourth-order valence-electron chi connectivity index (χ4n) is 3.44. The molecule has 0 aliphatic carbocycles. The van der Waals surface area contributed by atoms with Gasteiger partial charge in [0.1, 0.15) is 0 Å². The molecule has 2 aromatic heterocycles. The van der Waals surface area contributed by atoms with Crippen LogP contribution in [-0.4, -0.2) is 39.9 Å². The zero-order valence-electron chi connectivity index (χ0n) is 14.4. The first-order valence-electron chi connectivity index (χ1n) is 8.76. The Bertz CT molecular complexity index is 952. The van der Waals surface area contributed by atoms with Crippen LogP contribution >= 0.6 is 0 Å². The van der Waals surface area contributed by atoms with E-state index in [1.54, 1.807) is 6.26 Å². The summed E-state index contributed by atoms with van der Waals surface area (Å²) < 4.78 is 5.37. The largest absolute Gasteiger partial charge is 0.461 e. The van der Waals surface area contributed by atoms with Gasteiger partial charge >= 0.3 is 0 Å². The lowest BCUT2D eigenvalue weighted by Crippen LogP contribution is -2.47. The Balaban J connectivity index is 1.53. The van der Waals surface area contributed by atoms with Gasteiger partial charge in [-0.05, 0) is 49.7 Å². The van der Waals surface area contributed by atoms with E-state index in [-0.39, 0.29) is 11.9 Å². The number of carbonyl (C=O) groups excluding carboxylic acids is 1. The lowest BCUT2D eigenvalue weighted by molar-refractivity contribution is -0.122. The van der Waals surface area contributed by atoms with Crippen molar-refractivity contribution in [1.29, 1.82) is 0 Å². The number of hydrogen-bond donors (Lipinski definition) is 2. The minimum Gasteiger partial charge on any atom is -0.461 e. The van der Waals surface area contributed by atoms with Gasteiger partial charge in [-0.3, -0.25) is 9.69 Å². The van der Waals surface area contributed by atoms with Crippen molar-refractivity contribution in [2.75, 3.05) is 18.4 Å². The van der Waals surface area contributed by atoms with Gasteiger partial charge in [-0.1, -0.05) is 12.3 Å². The van der Waals surface area contributed by atoms with E-state index < -0.39 is 0 Å². The van der Waals surface area contributed by atoms with Gasteiger partial charge in [0.05, 0.1) is 29.9 Å². The van der Waals surface area contributed by atoms with Gasteiger partial charge in [0, 0.05) is 5.69 Å². The zero-order valence-corrected chi connectivity index (χ0v) is 14.4. The third-order valence-corrected chi connectivity index (χ3v) is 4.71. The number of rotatable bonds is 4. The van der Waals surface area contributed by atoms with Gasteiger partial charge in [-0.15, -0.1) is 6.42 Å². The highest BCUT2D eigenvalue weighted by Gasteiger charge is 2.28. The van der Waals surface area contributed by atoms with E-state index in [4.69, 9.17) is 10.8 Å². The van der Waals surface area contributed by atoms with E-state index in [0.29, 0.717) is 18.1 Å². The Labute approximate surface area is 151 Å². The number of anilines is 1. The van der Waals surface area contributed by atoms with Crippen molar-refractivity contribution < 1.29 is 9.21 Å². The first-order chi connectivity index (χ1) is 12.7. The normalized spacial score (nSPS) is 17.9. The summed E-state index contributed by atoms with van der Waals surface area (Å²) in [6.45, 7) is 1.37. The molecule has 0 bridgehead atoms. The average Bonchev–Trinajstić information content (AvgIpc) is 3.31. The highest BCUT2D eigenvalue weighted by molar-refractivity contribution is 5.96. The third-order valence-electron chi connectivity index (χ3n) is 4.71. The first-order valence-corrected chi connectivity index (χ1v) is 8.76. The zero-order chi connectivity index (χ0) is 17.9. The van der Waals surface area contributed by atoms with Gasteiger partial charge < -0.3 is 14.7 Å². The second-order valence-corrected chi connectivity index (χ2v) is 6.47. The number of terminal acetylenes is 1. The average molecular weight is 348 g/mol. The summed E-state index contributed by atoms with van der Waals surface area (Å²) in [6, 6.07) is 9.14. The number of piperidine rings is 1. The fourth-order valence-corrected chi connectivity index (χ4v) is 3.44. The Morgan fingerprint density at radius 3 is 3.15 bits per heavy atom. The summed E-state index contributed by atoms with van der Waals surface area (Å²) in [6.07, 6.45) is 10.0. The predicted octanol–water partition coefficient (Wildman–Crippen LogP) is 3.25. The maximum atomic E-state index is 12.7. The molecule has 1 saturated heterocycles. The molecule has 6 nitrogen and oxygen atoms in total. The molecule has 3 heterocycles. The molecule has 1 unspecified atom stereocenters. The number of aromatic nitrogens is 2. The summed E-state index contributed by atoms with van der Waals surface area (Å²) in [5, 5.41) is 3.02. The van der Waals surface area contributed by atoms with E-state index in [9.17, 15) is 4.79 Å². The molecule has 1 amide bonds. The van der Waals surface area contributed by atoms with Crippen LogP contribution in [0.4, 0.5) is 5.69 Å². The van der Waals surface area contributed by atoms with Gasteiger partial charge in [-0.2, -0.15) is 0 Å². The number of likely N-dealkylation sites (tertiary alicyclic amines) is 1. The van der Waals surface area contributed by atoms with Crippen LogP contribution in [-0.2, 0) is 4.79 Å². The smallest absolute Gasteiger partial charge is 0.241 e.